The van der Waals surface area contributed by atoms with E-state index >= 15 is 0 Å². The van der Waals surface area contributed by atoms with Crippen LogP contribution in [0.1, 0.15) is 26.2 Å². The molecule has 1 aromatic carbocycles. The van der Waals surface area contributed by atoms with Crippen LogP contribution in [0.5, 0.6) is 5.75 Å². The molecule has 1 aliphatic rings. The first-order chi connectivity index (χ1) is 9.65. The van der Waals surface area contributed by atoms with Crippen molar-refractivity contribution in [3.63, 3.8) is 0 Å². The molecule has 0 amide bonds. The second-order valence-electron chi connectivity index (χ2n) is 5.67. The van der Waals surface area contributed by atoms with E-state index in [-0.39, 0.29) is 0 Å². The van der Waals surface area contributed by atoms with Crippen LogP contribution in [-0.4, -0.2) is 48.3 Å². The molecule has 4 nitrogen and oxygen atoms in total. The Balaban J connectivity index is 1.72. The summed E-state index contributed by atoms with van der Waals surface area (Å²) in [5.41, 5.74) is 0.485. The Morgan fingerprint density at radius 2 is 1.95 bits per heavy atom. The second-order valence-corrected chi connectivity index (χ2v) is 5.67. The summed E-state index contributed by atoms with van der Waals surface area (Å²) < 4.78 is 5.71. The lowest BCUT2D eigenvalue weighted by molar-refractivity contribution is 0.212. The molecule has 1 atom stereocenters. The lowest BCUT2D eigenvalue weighted by atomic mass is 9.80. The van der Waals surface area contributed by atoms with Gasteiger partial charge in [-0.15, -0.1) is 0 Å². The van der Waals surface area contributed by atoms with Gasteiger partial charge in [0.1, 0.15) is 12.4 Å². The topological polar surface area (TPSA) is 52.9 Å². The minimum Gasteiger partial charge on any atom is -0.492 e. The Morgan fingerprint density at radius 3 is 2.65 bits per heavy atom. The van der Waals surface area contributed by atoms with Crippen LogP contribution in [0.3, 0.4) is 0 Å². The number of likely N-dealkylation sites (tertiary alicyclic amines) is 1. The van der Waals surface area contributed by atoms with Crippen LogP contribution in [0.2, 0.25) is 0 Å². The number of hydrogen-bond donors (Lipinski definition) is 2. The zero-order valence-corrected chi connectivity index (χ0v) is 12.2. The molecule has 0 radical (unpaired) electrons. The number of benzene rings is 1. The molecule has 5 heteroatoms. The molecule has 1 fully saturated rings. The van der Waals surface area contributed by atoms with Crippen molar-refractivity contribution < 1.29 is 14.8 Å². The Labute approximate surface area is 121 Å². The molecule has 1 saturated heterocycles. The highest BCUT2D eigenvalue weighted by atomic mass is 16.5. The zero-order valence-electron chi connectivity index (χ0n) is 12.2. The van der Waals surface area contributed by atoms with E-state index < -0.39 is 7.12 Å². The first-order valence-electron chi connectivity index (χ1n) is 7.46. The third kappa shape index (κ3) is 4.82. The predicted octanol–water partition coefficient (Wildman–Crippen LogP) is 0.867. The summed E-state index contributed by atoms with van der Waals surface area (Å²) in [7, 11) is -1.41. The fraction of sp³-hybridized carbons (Fsp3) is 0.600. The highest BCUT2D eigenvalue weighted by Gasteiger charge is 2.13. The molecule has 2 rings (SSSR count). The molecule has 0 bridgehead atoms. The van der Waals surface area contributed by atoms with Gasteiger partial charge < -0.3 is 14.8 Å². The summed E-state index contributed by atoms with van der Waals surface area (Å²) >= 11 is 0. The van der Waals surface area contributed by atoms with Crippen molar-refractivity contribution in [2.45, 2.75) is 26.2 Å². The van der Waals surface area contributed by atoms with Crippen LogP contribution in [0.15, 0.2) is 24.3 Å². The summed E-state index contributed by atoms with van der Waals surface area (Å²) in [6.07, 6.45) is 3.90. The average Bonchev–Trinajstić information content (AvgIpc) is 2.64. The SMILES string of the molecule is CC1CCCN(CCOc2ccc(B(O)O)cc2)CC1. The minimum absolute atomic E-state index is 0.485. The van der Waals surface area contributed by atoms with Crippen molar-refractivity contribution in [1.29, 1.82) is 0 Å². The van der Waals surface area contributed by atoms with Crippen LogP contribution < -0.4 is 10.2 Å². The smallest absolute Gasteiger partial charge is 0.488 e. The number of nitrogens with zero attached hydrogens (tertiary/aromatic N) is 1. The van der Waals surface area contributed by atoms with Crippen LogP contribution in [0.25, 0.3) is 0 Å². The van der Waals surface area contributed by atoms with Crippen molar-refractivity contribution in [3.05, 3.63) is 24.3 Å². The van der Waals surface area contributed by atoms with Gasteiger partial charge in [0, 0.05) is 6.54 Å². The summed E-state index contributed by atoms with van der Waals surface area (Å²) in [6, 6.07) is 6.90. The van der Waals surface area contributed by atoms with Gasteiger partial charge in [-0.3, -0.25) is 4.90 Å². The maximum Gasteiger partial charge on any atom is 0.488 e. The van der Waals surface area contributed by atoms with Crippen LogP contribution in [-0.2, 0) is 0 Å². The summed E-state index contributed by atoms with van der Waals surface area (Å²) in [4.78, 5) is 2.47. The van der Waals surface area contributed by atoms with Crippen molar-refractivity contribution in [2.75, 3.05) is 26.2 Å². The Bertz CT molecular complexity index is 397. The van der Waals surface area contributed by atoms with Crippen molar-refractivity contribution >= 4 is 12.6 Å². The van der Waals surface area contributed by atoms with Gasteiger partial charge >= 0.3 is 7.12 Å². The molecule has 0 aromatic heterocycles. The third-order valence-electron chi connectivity index (χ3n) is 3.96. The molecule has 110 valence electrons. The normalized spacial score (nSPS) is 20.4. The van der Waals surface area contributed by atoms with Gasteiger partial charge in [0.2, 0.25) is 0 Å². The fourth-order valence-corrected chi connectivity index (χ4v) is 2.57. The lowest BCUT2D eigenvalue weighted by Gasteiger charge is -2.20. The zero-order chi connectivity index (χ0) is 14.4. The molecule has 1 heterocycles. The molecule has 0 aliphatic carbocycles. The fourth-order valence-electron chi connectivity index (χ4n) is 2.57. The maximum absolute atomic E-state index is 9.02. The van der Waals surface area contributed by atoms with E-state index in [0.717, 1.165) is 18.2 Å². The third-order valence-corrected chi connectivity index (χ3v) is 3.96. The van der Waals surface area contributed by atoms with Gasteiger partial charge in [0.25, 0.3) is 0 Å². The quantitative estimate of drug-likeness (QED) is 0.784. The Kier molecular flexibility index (Phi) is 5.89. The average molecular weight is 277 g/mol. The van der Waals surface area contributed by atoms with Crippen molar-refractivity contribution in [3.8, 4) is 5.75 Å². The first kappa shape index (κ1) is 15.4. The van der Waals surface area contributed by atoms with Crippen molar-refractivity contribution in [1.82, 2.24) is 4.90 Å². The highest BCUT2D eigenvalue weighted by Crippen LogP contribution is 2.16. The molecule has 0 spiro atoms. The van der Waals surface area contributed by atoms with E-state index in [2.05, 4.69) is 11.8 Å². The van der Waals surface area contributed by atoms with E-state index in [1.807, 2.05) is 0 Å². The van der Waals surface area contributed by atoms with Gasteiger partial charge in [-0.2, -0.15) is 0 Å². The van der Waals surface area contributed by atoms with Crippen molar-refractivity contribution in [2.24, 2.45) is 5.92 Å². The van der Waals surface area contributed by atoms with E-state index in [0.29, 0.717) is 12.1 Å². The maximum atomic E-state index is 9.02. The highest BCUT2D eigenvalue weighted by molar-refractivity contribution is 6.58. The van der Waals surface area contributed by atoms with Crippen LogP contribution >= 0.6 is 0 Å². The summed E-state index contributed by atoms with van der Waals surface area (Å²) in [5.74, 6) is 1.62. The van der Waals surface area contributed by atoms with Crippen LogP contribution in [0, 0.1) is 5.92 Å². The summed E-state index contributed by atoms with van der Waals surface area (Å²) in [5, 5.41) is 18.0. The number of rotatable bonds is 5. The Hall–Kier alpha value is -1.04. The second kappa shape index (κ2) is 7.67. The van der Waals surface area contributed by atoms with Gasteiger partial charge in [0.15, 0.2) is 0 Å². The molecule has 20 heavy (non-hydrogen) atoms. The van der Waals surface area contributed by atoms with Gasteiger partial charge in [-0.05, 0) is 55.9 Å². The number of ether oxygens (including phenoxy) is 1. The van der Waals surface area contributed by atoms with E-state index in [1.54, 1.807) is 24.3 Å². The Morgan fingerprint density at radius 1 is 1.20 bits per heavy atom. The van der Waals surface area contributed by atoms with E-state index in [1.165, 1.54) is 32.4 Å². The van der Waals surface area contributed by atoms with Gasteiger partial charge in [-0.25, -0.2) is 0 Å². The largest absolute Gasteiger partial charge is 0.492 e. The lowest BCUT2D eigenvalue weighted by Crippen LogP contribution is -2.30. The molecule has 2 N–H and O–H groups in total. The first-order valence-corrected chi connectivity index (χ1v) is 7.46. The minimum atomic E-state index is -1.41. The van der Waals surface area contributed by atoms with E-state index in [9.17, 15) is 0 Å². The number of hydrogen-bond acceptors (Lipinski definition) is 4. The molecular formula is C15H24BNO3. The van der Waals surface area contributed by atoms with Gasteiger partial charge in [0.05, 0.1) is 0 Å². The standard InChI is InChI=1S/C15H24BNO3/c1-13-3-2-9-17(10-8-13)11-12-20-15-6-4-14(5-7-15)16(18)19/h4-7,13,18-19H,2-3,8-12H2,1H3. The van der Waals surface area contributed by atoms with E-state index in [4.69, 9.17) is 14.8 Å². The van der Waals surface area contributed by atoms with Crippen LogP contribution in [0.4, 0.5) is 0 Å². The molecule has 0 saturated carbocycles. The molecule has 1 unspecified atom stereocenters. The van der Waals surface area contributed by atoms with Gasteiger partial charge in [-0.1, -0.05) is 19.1 Å². The molecular weight excluding hydrogens is 253 g/mol. The monoisotopic (exact) mass is 277 g/mol. The summed E-state index contributed by atoms with van der Waals surface area (Å²) in [6.45, 7) is 6.30. The molecule has 1 aromatic rings. The molecule has 1 aliphatic heterocycles. The predicted molar refractivity (Wildman–Crippen MR) is 81.2 cm³/mol.